The fourth-order valence-corrected chi connectivity index (χ4v) is 5.75. The highest BCUT2D eigenvalue weighted by Crippen LogP contribution is 2.27. The van der Waals surface area contributed by atoms with Crippen molar-refractivity contribution in [2.75, 3.05) is 26.2 Å². The van der Waals surface area contributed by atoms with Crippen LogP contribution in [0.3, 0.4) is 0 Å². The molecular weight excluding hydrogens is 366 g/mol. The van der Waals surface area contributed by atoms with Gasteiger partial charge >= 0.3 is 0 Å². The Morgan fingerprint density at radius 1 is 1.22 bits per heavy atom. The molecule has 0 aliphatic carbocycles. The number of fused-ring (bicyclic) bond motifs is 1. The smallest absolute Gasteiger partial charge is 0.243 e. The van der Waals surface area contributed by atoms with Gasteiger partial charge in [-0.15, -0.1) is 0 Å². The third-order valence-corrected chi connectivity index (χ3v) is 7.62. The summed E-state index contributed by atoms with van der Waals surface area (Å²) in [6.07, 6.45) is 3.65. The fraction of sp³-hybridized carbons (Fsp3) is 0.632. The first-order chi connectivity index (χ1) is 13.0. The maximum Gasteiger partial charge on any atom is 0.243 e. The van der Waals surface area contributed by atoms with E-state index in [0.717, 1.165) is 43.4 Å². The van der Waals surface area contributed by atoms with E-state index in [0.29, 0.717) is 37.7 Å². The summed E-state index contributed by atoms with van der Waals surface area (Å²) < 4.78 is 33.1. The number of nitrogens with zero attached hydrogens (tertiary/aromatic N) is 1. The van der Waals surface area contributed by atoms with Crippen molar-refractivity contribution >= 4 is 15.9 Å². The van der Waals surface area contributed by atoms with Gasteiger partial charge in [-0.1, -0.05) is 6.07 Å². The maximum absolute atomic E-state index is 13.1. The molecule has 2 atom stereocenters. The third-order valence-electron chi connectivity index (χ3n) is 5.75. The van der Waals surface area contributed by atoms with Gasteiger partial charge in [0.25, 0.3) is 0 Å². The van der Waals surface area contributed by atoms with Crippen molar-refractivity contribution in [1.29, 1.82) is 0 Å². The summed E-state index contributed by atoms with van der Waals surface area (Å²) in [6.45, 7) is 3.43. The third kappa shape index (κ3) is 4.03. The van der Waals surface area contributed by atoms with E-state index in [-0.39, 0.29) is 17.9 Å². The SMILES string of the molecule is O=C(NCC1CCCN(S(=O)(=O)c2ccc3c(c2)COC3)C1)C1CCCN1. The van der Waals surface area contributed by atoms with Crippen LogP contribution >= 0.6 is 0 Å². The number of sulfonamides is 1. The zero-order valence-electron chi connectivity index (χ0n) is 15.4. The molecule has 7 nitrogen and oxygen atoms in total. The standard InChI is InChI=1S/C19H27N3O4S/c23-19(18-4-1-7-20-18)21-10-14-3-2-8-22(11-14)27(24,25)17-6-5-15-12-26-13-16(15)9-17/h5-6,9,14,18,20H,1-4,7-8,10-13H2,(H,21,23). The van der Waals surface area contributed by atoms with Gasteiger partial charge in [-0.2, -0.15) is 4.31 Å². The van der Waals surface area contributed by atoms with Crippen LogP contribution in [0.1, 0.15) is 36.8 Å². The first-order valence-electron chi connectivity index (χ1n) is 9.75. The molecule has 2 unspecified atom stereocenters. The number of hydrogen-bond donors (Lipinski definition) is 2. The van der Waals surface area contributed by atoms with Gasteiger partial charge in [0, 0.05) is 19.6 Å². The van der Waals surface area contributed by atoms with Gasteiger partial charge in [0.05, 0.1) is 24.2 Å². The number of rotatable bonds is 5. The van der Waals surface area contributed by atoms with E-state index in [1.165, 1.54) is 0 Å². The molecule has 8 heteroatoms. The lowest BCUT2D eigenvalue weighted by Gasteiger charge is -2.32. The maximum atomic E-state index is 13.1. The predicted octanol–water partition coefficient (Wildman–Crippen LogP) is 0.986. The van der Waals surface area contributed by atoms with E-state index >= 15 is 0 Å². The Hall–Kier alpha value is -1.48. The molecule has 2 N–H and O–H groups in total. The molecule has 0 bridgehead atoms. The molecule has 4 rings (SSSR count). The van der Waals surface area contributed by atoms with Crippen molar-refractivity contribution in [3.8, 4) is 0 Å². The first-order valence-corrected chi connectivity index (χ1v) is 11.2. The van der Waals surface area contributed by atoms with Gasteiger partial charge in [-0.3, -0.25) is 4.79 Å². The quantitative estimate of drug-likeness (QED) is 0.779. The predicted molar refractivity (Wildman–Crippen MR) is 100 cm³/mol. The van der Waals surface area contributed by atoms with Crippen LogP contribution in [0.4, 0.5) is 0 Å². The van der Waals surface area contributed by atoms with E-state index < -0.39 is 10.0 Å². The van der Waals surface area contributed by atoms with E-state index in [4.69, 9.17) is 4.74 Å². The van der Waals surface area contributed by atoms with E-state index in [1.807, 2.05) is 6.07 Å². The molecule has 1 amide bonds. The molecule has 148 valence electrons. The minimum atomic E-state index is -3.52. The summed E-state index contributed by atoms with van der Waals surface area (Å²) in [5.41, 5.74) is 2.02. The average molecular weight is 394 g/mol. The van der Waals surface area contributed by atoms with Crippen molar-refractivity contribution in [1.82, 2.24) is 14.9 Å². The van der Waals surface area contributed by atoms with Crippen LogP contribution < -0.4 is 10.6 Å². The van der Waals surface area contributed by atoms with Crippen molar-refractivity contribution in [2.24, 2.45) is 5.92 Å². The molecule has 0 radical (unpaired) electrons. The zero-order chi connectivity index (χ0) is 18.9. The first kappa shape index (κ1) is 18.9. The molecule has 0 aromatic heterocycles. The van der Waals surface area contributed by atoms with Gasteiger partial charge < -0.3 is 15.4 Å². The molecule has 3 aliphatic heterocycles. The van der Waals surface area contributed by atoms with Crippen molar-refractivity contribution in [3.63, 3.8) is 0 Å². The Morgan fingerprint density at radius 3 is 2.89 bits per heavy atom. The number of carbonyl (C=O) groups is 1. The minimum Gasteiger partial charge on any atom is -0.372 e. The summed E-state index contributed by atoms with van der Waals surface area (Å²) in [5.74, 6) is 0.183. The largest absolute Gasteiger partial charge is 0.372 e. The summed E-state index contributed by atoms with van der Waals surface area (Å²) in [4.78, 5) is 12.5. The fourth-order valence-electron chi connectivity index (χ4n) is 4.15. The number of hydrogen-bond acceptors (Lipinski definition) is 5. The Labute approximate surface area is 160 Å². The van der Waals surface area contributed by atoms with Gasteiger partial charge in [0.15, 0.2) is 0 Å². The van der Waals surface area contributed by atoms with Crippen molar-refractivity contribution in [3.05, 3.63) is 29.3 Å². The number of piperidine rings is 1. The van der Waals surface area contributed by atoms with Crippen molar-refractivity contribution < 1.29 is 17.9 Å². The Morgan fingerprint density at radius 2 is 2.07 bits per heavy atom. The second-order valence-corrected chi connectivity index (χ2v) is 9.63. The van der Waals surface area contributed by atoms with E-state index in [2.05, 4.69) is 10.6 Å². The highest BCUT2D eigenvalue weighted by Gasteiger charge is 2.31. The summed E-state index contributed by atoms with van der Waals surface area (Å²) in [6, 6.07) is 5.18. The highest BCUT2D eigenvalue weighted by atomic mass is 32.2. The highest BCUT2D eigenvalue weighted by molar-refractivity contribution is 7.89. The lowest BCUT2D eigenvalue weighted by Crippen LogP contribution is -2.46. The van der Waals surface area contributed by atoms with Gasteiger partial charge in [-0.05, 0) is 61.4 Å². The summed E-state index contributed by atoms with van der Waals surface area (Å²) >= 11 is 0. The molecule has 2 saturated heterocycles. The van der Waals surface area contributed by atoms with E-state index in [9.17, 15) is 13.2 Å². The molecule has 27 heavy (non-hydrogen) atoms. The van der Waals surface area contributed by atoms with Gasteiger partial charge in [0.1, 0.15) is 0 Å². The average Bonchev–Trinajstić information content (AvgIpc) is 3.37. The molecule has 3 aliphatic rings. The number of carbonyl (C=O) groups excluding carboxylic acids is 1. The van der Waals surface area contributed by atoms with Crippen LogP contribution in [0.2, 0.25) is 0 Å². The molecule has 1 aromatic carbocycles. The molecule has 3 heterocycles. The van der Waals surface area contributed by atoms with Crippen LogP contribution in [0, 0.1) is 5.92 Å². The van der Waals surface area contributed by atoms with E-state index in [1.54, 1.807) is 16.4 Å². The van der Waals surface area contributed by atoms with Crippen LogP contribution in [-0.4, -0.2) is 50.9 Å². The Kier molecular flexibility index (Phi) is 5.50. The molecule has 2 fully saturated rings. The lowest BCUT2D eigenvalue weighted by molar-refractivity contribution is -0.123. The monoisotopic (exact) mass is 393 g/mol. The normalized spacial score (nSPS) is 26.1. The Bertz CT molecular complexity index is 805. The van der Waals surface area contributed by atoms with Crippen LogP contribution in [0.25, 0.3) is 0 Å². The summed E-state index contributed by atoms with van der Waals surface area (Å²) in [5, 5.41) is 6.19. The van der Waals surface area contributed by atoms with Gasteiger partial charge in [0.2, 0.25) is 15.9 Å². The number of nitrogens with one attached hydrogen (secondary N) is 2. The minimum absolute atomic E-state index is 0.0334. The second kappa shape index (κ2) is 7.87. The van der Waals surface area contributed by atoms with Crippen LogP contribution in [-0.2, 0) is 32.8 Å². The van der Waals surface area contributed by atoms with Crippen molar-refractivity contribution in [2.45, 2.75) is 49.8 Å². The topological polar surface area (TPSA) is 87.7 Å². The van der Waals surface area contributed by atoms with Gasteiger partial charge in [-0.25, -0.2) is 8.42 Å². The second-order valence-electron chi connectivity index (χ2n) is 7.69. The molecule has 0 spiro atoms. The Balaban J connectivity index is 1.39. The lowest BCUT2D eigenvalue weighted by atomic mass is 9.99. The molecule has 1 aromatic rings. The van der Waals surface area contributed by atoms with Crippen LogP contribution in [0.5, 0.6) is 0 Å². The number of amides is 1. The number of benzene rings is 1. The summed E-state index contributed by atoms with van der Waals surface area (Å²) in [7, 11) is -3.52. The molecule has 0 saturated carbocycles. The zero-order valence-corrected chi connectivity index (χ0v) is 16.3. The van der Waals surface area contributed by atoms with Crippen LogP contribution in [0.15, 0.2) is 23.1 Å². The molecular formula is C19H27N3O4S. The number of ether oxygens (including phenoxy) is 1.